The summed E-state index contributed by atoms with van der Waals surface area (Å²) < 4.78 is 5.22. The van der Waals surface area contributed by atoms with E-state index in [0.717, 1.165) is 0 Å². The van der Waals surface area contributed by atoms with Gasteiger partial charge in [-0.15, -0.1) is 4.91 Å². The minimum atomic E-state index is -0.854. The van der Waals surface area contributed by atoms with Crippen molar-refractivity contribution in [2.45, 2.75) is 0 Å². The first-order chi connectivity index (χ1) is 10.2. The van der Waals surface area contributed by atoms with Crippen LogP contribution in [0.25, 0.3) is 10.9 Å². The molecule has 1 aromatic heterocycles. The van der Waals surface area contributed by atoms with Gasteiger partial charge in [-0.2, -0.15) is 0 Å². The fourth-order valence-electron chi connectivity index (χ4n) is 2.38. The molecule has 0 bridgehead atoms. The van der Waals surface area contributed by atoms with Crippen LogP contribution < -0.4 is 0 Å². The highest BCUT2D eigenvalue weighted by atomic mass is 16.5. The largest absolute Gasteiger partial charge is 0.378 e. The number of aromatic nitrogens is 1. The summed E-state index contributed by atoms with van der Waals surface area (Å²) in [5.74, 6) is -0.921. The van der Waals surface area contributed by atoms with E-state index >= 15 is 0 Å². The summed E-state index contributed by atoms with van der Waals surface area (Å²) in [6, 6.07) is 6.63. The normalized spacial score (nSPS) is 15.1. The Bertz CT molecular complexity index is 716. The number of benzene rings is 1. The van der Waals surface area contributed by atoms with Gasteiger partial charge in [-0.25, -0.2) is 0 Å². The van der Waals surface area contributed by atoms with Crippen LogP contribution >= 0.6 is 0 Å². The topological polar surface area (TPSA) is 91.8 Å². The Kier molecular flexibility index (Phi) is 3.49. The number of nitrogens with zero attached hydrogens (tertiary/aromatic N) is 2. The van der Waals surface area contributed by atoms with Crippen LogP contribution in [0.2, 0.25) is 0 Å². The second-order valence-electron chi connectivity index (χ2n) is 4.79. The molecule has 0 radical (unpaired) electrons. The highest BCUT2D eigenvalue weighted by Gasteiger charge is 2.19. The Labute approximate surface area is 119 Å². The average molecular weight is 287 g/mol. The molecular formula is C14H13N3O4. The van der Waals surface area contributed by atoms with Crippen molar-refractivity contribution in [3.63, 3.8) is 0 Å². The molecule has 1 N–H and O–H groups in total. The summed E-state index contributed by atoms with van der Waals surface area (Å²) in [5.41, 5.74) is 1.35. The Morgan fingerprint density at radius 1 is 1.19 bits per heavy atom. The van der Waals surface area contributed by atoms with Crippen LogP contribution in [0.3, 0.4) is 0 Å². The van der Waals surface area contributed by atoms with Crippen molar-refractivity contribution < 1.29 is 14.3 Å². The molecular weight excluding hydrogens is 274 g/mol. The van der Waals surface area contributed by atoms with Gasteiger partial charge < -0.3 is 14.6 Å². The first kappa shape index (κ1) is 13.4. The Hall–Kier alpha value is -2.54. The summed E-state index contributed by atoms with van der Waals surface area (Å²) in [4.78, 5) is 38.4. The number of carbonyl (C=O) groups excluding carboxylic acids is 2. The van der Waals surface area contributed by atoms with Crippen LogP contribution in [-0.2, 0) is 4.74 Å². The summed E-state index contributed by atoms with van der Waals surface area (Å²) in [6.07, 6.45) is 0. The molecule has 108 valence electrons. The lowest BCUT2D eigenvalue weighted by Gasteiger charge is -2.26. The lowest BCUT2D eigenvalue weighted by atomic mass is 10.1. The number of hydrogen-bond donors (Lipinski definition) is 1. The third-order valence-corrected chi connectivity index (χ3v) is 3.48. The van der Waals surface area contributed by atoms with Crippen molar-refractivity contribution in [2.24, 2.45) is 5.18 Å². The van der Waals surface area contributed by atoms with E-state index in [-0.39, 0.29) is 11.6 Å². The summed E-state index contributed by atoms with van der Waals surface area (Å²) >= 11 is 0. The van der Waals surface area contributed by atoms with Crippen LogP contribution in [0.15, 0.2) is 29.4 Å². The number of aromatic amines is 1. The molecule has 0 saturated carbocycles. The van der Waals surface area contributed by atoms with E-state index in [1.54, 1.807) is 23.1 Å². The number of fused-ring (bicyclic) bond motifs is 1. The van der Waals surface area contributed by atoms with Gasteiger partial charge in [-0.1, -0.05) is 0 Å². The molecule has 21 heavy (non-hydrogen) atoms. The third kappa shape index (κ3) is 2.55. The summed E-state index contributed by atoms with van der Waals surface area (Å²) in [6.45, 7) is 2.23. The van der Waals surface area contributed by atoms with Crippen molar-refractivity contribution in [3.8, 4) is 0 Å². The van der Waals surface area contributed by atoms with E-state index in [1.165, 1.54) is 6.07 Å². The molecule has 1 aliphatic rings. The Balaban J connectivity index is 1.91. The smallest absolute Gasteiger partial charge is 0.332 e. The number of ether oxygens (including phenoxy) is 1. The van der Waals surface area contributed by atoms with E-state index in [9.17, 15) is 14.5 Å². The average Bonchev–Trinajstić information content (AvgIpc) is 2.97. The van der Waals surface area contributed by atoms with Gasteiger partial charge in [0.25, 0.3) is 5.91 Å². The number of nitroso groups, excluding NO2 is 1. The molecule has 2 aromatic rings. The second kappa shape index (κ2) is 5.45. The second-order valence-corrected chi connectivity index (χ2v) is 4.79. The highest BCUT2D eigenvalue weighted by molar-refractivity contribution is 6.01. The lowest BCUT2D eigenvalue weighted by Crippen LogP contribution is -2.40. The van der Waals surface area contributed by atoms with Crippen molar-refractivity contribution in [1.29, 1.82) is 0 Å². The number of H-pyrrole nitrogens is 1. The Morgan fingerprint density at radius 3 is 2.67 bits per heavy atom. The van der Waals surface area contributed by atoms with Gasteiger partial charge in [-0.05, 0) is 24.3 Å². The van der Waals surface area contributed by atoms with E-state index in [2.05, 4.69) is 10.2 Å². The van der Waals surface area contributed by atoms with Gasteiger partial charge in [0.15, 0.2) is 0 Å². The quantitative estimate of drug-likeness (QED) is 0.848. The van der Waals surface area contributed by atoms with E-state index < -0.39 is 5.91 Å². The monoisotopic (exact) mass is 287 g/mol. The minimum absolute atomic E-state index is 0.0669. The number of morpholine rings is 1. The predicted molar refractivity (Wildman–Crippen MR) is 75.1 cm³/mol. The van der Waals surface area contributed by atoms with Crippen molar-refractivity contribution in [3.05, 3.63) is 40.4 Å². The Morgan fingerprint density at radius 2 is 1.95 bits per heavy atom. The number of carbonyl (C=O) groups is 2. The molecule has 0 spiro atoms. The maximum atomic E-state index is 12.4. The molecule has 1 aliphatic heterocycles. The van der Waals surface area contributed by atoms with Gasteiger partial charge >= 0.3 is 5.91 Å². The van der Waals surface area contributed by atoms with Gasteiger partial charge in [-0.3, -0.25) is 9.59 Å². The fourth-order valence-corrected chi connectivity index (χ4v) is 2.38. The van der Waals surface area contributed by atoms with Crippen molar-refractivity contribution in [1.82, 2.24) is 9.88 Å². The first-order valence-corrected chi connectivity index (χ1v) is 6.56. The van der Waals surface area contributed by atoms with Crippen LogP contribution in [-0.4, -0.2) is 48.0 Å². The first-order valence-electron chi connectivity index (χ1n) is 6.56. The van der Waals surface area contributed by atoms with E-state index in [4.69, 9.17) is 4.74 Å². The summed E-state index contributed by atoms with van der Waals surface area (Å²) in [5, 5.41) is 3.07. The highest BCUT2D eigenvalue weighted by Crippen LogP contribution is 2.19. The molecule has 7 heteroatoms. The van der Waals surface area contributed by atoms with Gasteiger partial charge in [0.05, 0.1) is 13.2 Å². The zero-order valence-electron chi connectivity index (χ0n) is 11.2. The molecule has 0 aliphatic carbocycles. The zero-order chi connectivity index (χ0) is 14.8. The number of nitrogens with one attached hydrogen (secondary N) is 1. The molecule has 0 unspecified atom stereocenters. The van der Waals surface area contributed by atoms with Crippen molar-refractivity contribution in [2.75, 3.05) is 26.3 Å². The summed E-state index contributed by atoms with van der Waals surface area (Å²) in [7, 11) is 0. The molecule has 7 nitrogen and oxygen atoms in total. The lowest BCUT2D eigenvalue weighted by molar-refractivity contribution is 0.0303. The number of rotatable bonds is 2. The maximum absolute atomic E-state index is 12.4. The maximum Gasteiger partial charge on any atom is 0.332 e. The molecule has 2 amide bonds. The predicted octanol–water partition coefficient (Wildman–Crippen LogP) is 1.55. The molecule has 0 atom stereocenters. The fraction of sp³-hybridized carbons (Fsp3) is 0.286. The SMILES string of the molecule is O=NC(=O)c1cc2cc(C(=O)N3CCOCC3)ccc2[nH]1. The van der Waals surface area contributed by atoms with E-state index in [0.29, 0.717) is 42.8 Å². The van der Waals surface area contributed by atoms with Gasteiger partial charge in [0.2, 0.25) is 0 Å². The molecule has 1 aromatic carbocycles. The van der Waals surface area contributed by atoms with Crippen LogP contribution in [0, 0.1) is 4.91 Å². The number of hydrogen-bond acceptors (Lipinski definition) is 4. The number of amides is 2. The van der Waals surface area contributed by atoms with Crippen LogP contribution in [0.5, 0.6) is 0 Å². The van der Waals surface area contributed by atoms with Gasteiger partial charge in [0, 0.05) is 34.7 Å². The van der Waals surface area contributed by atoms with Crippen LogP contribution in [0.1, 0.15) is 20.8 Å². The molecule has 1 saturated heterocycles. The van der Waals surface area contributed by atoms with Crippen molar-refractivity contribution >= 4 is 22.7 Å². The van der Waals surface area contributed by atoms with E-state index in [1.807, 2.05) is 0 Å². The minimum Gasteiger partial charge on any atom is -0.378 e. The molecule has 1 fully saturated rings. The molecule has 2 heterocycles. The standard InChI is InChI=1S/C14H13N3O4/c18-13(16-20)12-8-10-7-9(1-2-11(10)15-12)14(19)17-3-5-21-6-4-17/h1-2,7-8,15H,3-6H2. The van der Waals surface area contributed by atoms with Crippen LogP contribution in [0.4, 0.5) is 0 Å². The zero-order valence-corrected chi connectivity index (χ0v) is 11.2. The third-order valence-electron chi connectivity index (χ3n) is 3.48. The molecule has 3 rings (SSSR count). The van der Waals surface area contributed by atoms with Gasteiger partial charge in [0.1, 0.15) is 5.69 Å².